The lowest BCUT2D eigenvalue weighted by Crippen LogP contribution is -2.30. The van der Waals surface area contributed by atoms with E-state index in [9.17, 15) is 9.18 Å². The number of hydrogen-bond donors (Lipinski definition) is 2. The van der Waals surface area contributed by atoms with Crippen LogP contribution < -0.4 is 15.4 Å². The zero-order valence-electron chi connectivity index (χ0n) is 10.9. The van der Waals surface area contributed by atoms with Crippen molar-refractivity contribution in [3.63, 3.8) is 0 Å². The molecular weight excluding hydrogens is 275 g/mol. The van der Waals surface area contributed by atoms with Gasteiger partial charge in [-0.05, 0) is 12.1 Å². The van der Waals surface area contributed by atoms with Crippen LogP contribution in [0.5, 0.6) is 5.75 Å². The normalized spacial score (nSPS) is 9.63. The fourth-order valence-corrected chi connectivity index (χ4v) is 1.30. The third-order valence-corrected chi connectivity index (χ3v) is 2.22. The lowest BCUT2D eigenvalue weighted by Gasteiger charge is -2.09. The second kappa shape index (κ2) is 9.55. The van der Waals surface area contributed by atoms with E-state index in [0.717, 1.165) is 0 Å². The molecule has 7 heteroatoms. The Morgan fingerprint density at radius 2 is 2.11 bits per heavy atom. The maximum atomic E-state index is 13.4. The Morgan fingerprint density at radius 3 is 2.74 bits per heavy atom. The van der Waals surface area contributed by atoms with Gasteiger partial charge in [0.05, 0.1) is 25.9 Å². The highest BCUT2D eigenvalue weighted by Gasteiger charge is 2.07. The molecule has 0 aromatic heterocycles. The van der Waals surface area contributed by atoms with Crippen molar-refractivity contribution >= 4 is 24.0 Å². The van der Waals surface area contributed by atoms with E-state index >= 15 is 0 Å². The smallest absolute Gasteiger partial charge is 0.238 e. The molecule has 0 aliphatic heterocycles. The highest BCUT2D eigenvalue weighted by molar-refractivity contribution is 5.92. The summed E-state index contributed by atoms with van der Waals surface area (Å²) in [5.74, 6) is -0.335. The Kier molecular flexibility index (Phi) is 8.86. The maximum Gasteiger partial charge on any atom is 0.238 e. The molecule has 1 aromatic rings. The van der Waals surface area contributed by atoms with Crippen LogP contribution in [0, 0.1) is 5.82 Å². The van der Waals surface area contributed by atoms with Crippen molar-refractivity contribution in [1.29, 1.82) is 0 Å². The summed E-state index contributed by atoms with van der Waals surface area (Å²) in [7, 11) is 3.05. The van der Waals surface area contributed by atoms with Crippen molar-refractivity contribution in [2.75, 3.05) is 39.2 Å². The number of rotatable bonds is 7. The van der Waals surface area contributed by atoms with Gasteiger partial charge in [0.1, 0.15) is 11.6 Å². The first-order valence-corrected chi connectivity index (χ1v) is 5.50. The molecule has 0 heterocycles. The summed E-state index contributed by atoms with van der Waals surface area (Å²) in [6, 6.07) is 4.16. The summed E-state index contributed by atoms with van der Waals surface area (Å²) in [5, 5.41) is 5.33. The molecule has 1 amide bonds. The predicted molar refractivity (Wildman–Crippen MR) is 73.6 cm³/mol. The number of benzene rings is 1. The van der Waals surface area contributed by atoms with Gasteiger partial charge in [0.2, 0.25) is 5.91 Å². The zero-order chi connectivity index (χ0) is 13.4. The molecule has 108 valence electrons. The largest absolute Gasteiger partial charge is 0.497 e. The third kappa shape index (κ3) is 6.37. The monoisotopic (exact) mass is 292 g/mol. The fraction of sp³-hybridized carbons (Fsp3) is 0.417. The van der Waals surface area contributed by atoms with Gasteiger partial charge >= 0.3 is 0 Å². The minimum Gasteiger partial charge on any atom is -0.497 e. The molecule has 0 aliphatic carbocycles. The molecule has 2 N–H and O–H groups in total. The van der Waals surface area contributed by atoms with Gasteiger partial charge in [-0.15, -0.1) is 12.4 Å². The molecule has 1 aromatic carbocycles. The van der Waals surface area contributed by atoms with Crippen molar-refractivity contribution in [3.05, 3.63) is 24.0 Å². The van der Waals surface area contributed by atoms with Gasteiger partial charge in [0.25, 0.3) is 0 Å². The number of anilines is 1. The Bertz CT molecular complexity index is 405. The molecule has 0 saturated heterocycles. The number of carbonyl (C=O) groups is 1. The van der Waals surface area contributed by atoms with Crippen molar-refractivity contribution < 1.29 is 18.7 Å². The Hall–Kier alpha value is -1.37. The summed E-state index contributed by atoms with van der Waals surface area (Å²) >= 11 is 0. The topological polar surface area (TPSA) is 59.6 Å². The number of methoxy groups -OCH3 is 2. The standard InChI is InChI=1S/C12H17FN2O3.ClH/c1-17-6-5-14-8-12(16)15-11-7-9(18-2)3-4-10(11)13;/h3-4,7,14H,5-6,8H2,1-2H3,(H,15,16);1H. The average molecular weight is 293 g/mol. The summed E-state index contributed by atoms with van der Waals surface area (Å²) < 4.78 is 23.2. The molecular formula is C12H18ClFN2O3. The number of ether oxygens (including phenoxy) is 2. The molecule has 0 saturated carbocycles. The van der Waals surface area contributed by atoms with Crippen molar-refractivity contribution in [2.45, 2.75) is 0 Å². The lowest BCUT2D eigenvalue weighted by atomic mass is 10.3. The molecule has 0 radical (unpaired) electrons. The summed E-state index contributed by atoms with van der Waals surface area (Å²) in [6.45, 7) is 1.17. The SMILES string of the molecule is COCCNCC(=O)Nc1cc(OC)ccc1F.Cl. The van der Waals surface area contributed by atoms with Crippen LogP contribution in [0.15, 0.2) is 18.2 Å². The van der Waals surface area contributed by atoms with Crippen LogP contribution >= 0.6 is 12.4 Å². The first-order valence-electron chi connectivity index (χ1n) is 5.50. The number of hydrogen-bond acceptors (Lipinski definition) is 4. The van der Waals surface area contributed by atoms with Crippen molar-refractivity contribution in [3.8, 4) is 5.75 Å². The molecule has 1 rings (SSSR count). The number of halogens is 2. The number of carbonyl (C=O) groups excluding carboxylic acids is 1. The molecule has 5 nitrogen and oxygen atoms in total. The van der Waals surface area contributed by atoms with E-state index in [1.165, 1.54) is 25.3 Å². The second-order valence-electron chi connectivity index (χ2n) is 3.56. The van der Waals surface area contributed by atoms with E-state index in [0.29, 0.717) is 18.9 Å². The minimum atomic E-state index is -0.499. The quantitative estimate of drug-likeness (QED) is 0.747. The molecule has 0 atom stereocenters. The average Bonchev–Trinajstić information content (AvgIpc) is 2.37. The van der Waals surface area contributed by atoms with E-state index < -0.39 is 5.82 Å². The molecule has 0 aliphatic rings. The highest BCUT2D eigenvalue weighted by Crippen LogP contribution is 2.20. The van der Waals surface area contributed by atoms with Gasteiger partial charge in [0.15, 0.2) is 0 Å². The van der Waals surface area contributed by atoms with Gasteiger partial charge in [-0.1, -0.05) is 0 Å². The van der Waals surface area contributed by atoms with E-state index in [4.69, 9.17) is 9.47 Å². The molecule has 0 spiro atoms. The van der Waals surface area contributed by atoms with E-state index in [2.05, 4.69) is 10.6 Å². The second-order valence-corrected chi connectivity index (χ2v) is 3.56. The Morgan fingerprint density at radius 1 is 1.37 bits per heavy atom. The molecule has 19 heavy (non-hydrogen) atoms. The zero-order valence-corrected chi connectivity index (χ0v) is 11.7. The van der Waals surface area contributed by atoms with Crippen LogP contribution in [-0.4, -0.2) is 39.8 Å². The summed E-state index contributed by atoms with van der Waals surface area (Å²) in [4.78, 5) is 11.5. The van der Waals surface area contributed by atoms with E-state index in [1.807, 2.05) is 0 Å². The Labute approximate surface area is 117 Å². The van der Waals surface area contributed by atoms with Crippen molar-refractivity contribution in [1.82, 2.24) is 5.32 Å². The van der Waals surface area contributed by atoms with Crippen LogP contribution in [0.2, 0.25) is 0 Å². The van der Waals surface area contributed by atoms with Crippen molar-refractivity contribution in [2.24, 2.45) is 0 Å². The number of amides is 1. The van der Waals surface area contributed by atoms with Crippen LogP contribution in [-0.2, 0) is 9.53 Å². The van der Waals surface area contributed by atoms with Gasteiger partial charge in [-0.25, -0.2) is 4.39 Å². The lowest BCUT2D eigenvalue weighted by molar-refractivity contribution is -0.115. The predicted octanol–water partition coefficient (Wildman–Crippen LogP) is 1.43. The molecule has 0 fully saturated rings. The first kappa shape index (κ1) is 17.6. The van der Waals surface area contributed by atoms with Gasteiger partial charge in [-0.2, -0.15) is 0 Å². The van der Waals surface area contributed by atoms with E-state index in [-0.39, 0.29) is 30.5 Å². The maximum absolute atomic E-state index is 13.4. The first-order chi connectivity index (χ1) is 8.67. The van der Waals surface area contributed by atoms with Crippen LogP contribution in [0.1, 0.15) is 0 Å². The third-order valence-electron chi connectivity index (χ3n) is 2.22. The summed E-state index contributed by atoms with van der Waals surface area (Å²) in [5.41, 5.74) is 0.105. The van der Waals surface area contributed by atoms with Gasteiger partial charge in [0, 0.05) is 19.7 Å². The van der Waals surface area contributed by atoms with Crippen LogP contribution in [0.25, 0.3) is 0 Å². The van der Waals surface area contributed by atoms with Crippen LogP contribution in [0.4, 0.5) is 10.1 Å². The summed E-state index contributed by atoms with van der Waals surface area (Å²) in [6.07, 6.45) is 0. The van der Waals surface area contributed by atoms with E-state index in [1.54, 1.807) is 7.11 Å². The highest BCUT2D eigenvalue weighted by atomic mass is 35.5. The van der Waals surface area contributed by atoms with Gasteiger partial charge < -0.3 is 20.1 Å². The number of nitrogens with one attached hydrogen (secondary N) is 2. The molecule has 0 unspecified atom stereocenters. The van der Waals surface area contributed by atoms with Gasteiger partial charge in [-0.3, -0.25) is 4.79 Å². The Balaban J connectivity index is 0.00000324. The van der Waals surface area contributed by atoms with Crippen LogP contribution in [0.3, 0.4) is 0 Å². The fourth-order valence-electron chi connectivity index (χ4n) is 1.30. The molecule has 0 bridgehead atoms. The minimum absolute atomic E-state index is 0.